The molecule has 1 atom stereocenters. The molecule has 0 fully saturated rings. The zero-order valence-electron chi connectivity index (χ0n) is 12.4. The number of thioether (sulfide) groups is 1. The molecule has 0 saturated carbocycles. The van der Waals surface area contributed by atoms with E-state index >= 15 is 0 Å². The Morgan fingerprint density at radius 1 is 1.39 bits per heavy atom. The summed E-state index contributed by atoms with van der Waals surface area (Å²) in [6.07, 6.45) is 6.66. The van der Waals surface area contributed by atoms with Crippen LogP contribution < -0.4 is 0 Å². The predicted molar refractivity (Wildman–Crippen MR) is 86.1 cm³/mol. The summed E-state index contributed by atoms with van der Waals surface area (Å²) in [4.78, 5) is 2.22. The van der Waals surface area contributed by atoms with Gasteiger partial charge < -0.3 is 4.90 Å². The van der Waals surface area contributed by atoms with Gasteiger partial charge in [0.15, 0.2) is 0 Å². The number of allylic oxidation sites excluding steroid dienone is 2. The van der Waals surface area contributed by atoms with E-state index in [0.717, 1.165) is 17.4 Å². The van der Waals surface area contributed by atoms with Crippen LogP contribution in [-0.2, 0) is 23.2 Å². The minimum absolute atomic E-state index is 0.0593. The van der Waals surface area contributed by atoms with Gasteiger partial charge in [-0.1, -0.05) is 47.8 Å². The quantitative estimate of drug-likeness (QED) is 0.665. The molecule has 0 radical (unpaired) electrons. The summed E-state index contributed by atoms with van der Waals surface area (Å²) in [5.41, 5.74) is 1.33. The second-order valence-electron chi connectivity index (χ2n) is 4.45. The summed E-state index contributed by atoms with van der Waals surface area (Å²) in [6.45, 7) is 10.6. The number of nitrogens with zero attached hydrogens (tertiary/aromatic N) is 1. The first-order valence-corrected chi connectivity index (χ1v) is 12.5. The molecule has 0 N–H and O–H groups in total. The van der Waals surface area contributed by atoms with Crippen molar-refractivity contribution in [3.05, 3.63) is 23.8 Å². The number of rotatable bonds is 3. The Morgan fingerprint density at radius 3 is 2.22 bits per heavy atom. The molecule has 1 aliphatic rings. The first-order chi connectivity index (χ1) is 8.42. The third-order valence-electron chi connectivity index (χ3n) is 2.52. The molecule has 0 spiro atoms. The monoisotopic (exact) mass is 361 g/mol. The third kappa shape index (κ3) is 6.68. The standard InChI is InChI=1S/C12H19NS2.2CH3.Zr/c1-5-13(6-2)11(14)15-12(4)8-7-10(3)9-12;;;/h7-9H,5-6H2,1-4H3;2*1H3;. The minimum atomic E-state index is 0.0593. The van der Waals surface area contributed by atoms with Gasteiger partial charge in [-0.2, -0.15) is 0 Å². The van der Waals surface area contributed by atoms with Crippen LogP contribution in [0.4, 0.5) is 0 Å². The van der Waals surface area contributed by atoms with Crippen molar-refractivity contribution in [3.8, 4) is 0 Å². The van der Waals surface area contributed by atoms with Gasteiger partial charge in [0.1, 0.15) is 4.32 Å². The number of hydrogen-bond donors (Lipinski definition) is 0. The van der Waals surface area contributed by atoms with Crippen LogP contribution in [-0.4, -0.2) is 27.1 Å². The van der Waals surface area contributed by atoms with Gasteiger partial charge in [-0.15, -0.1) is 0 Å². The van der Waals surface area contributed by atoms with Gasteiger partial charge in [0.05, 0.1) is 4.75 Å². The fraction of sp³-hybridized carbons (Fsp3) is 0.643. The van der Waals surface area contributed by atoms with E-state index in [1.165, 1.54) is 5.57 Å². The Kier molecular flexibility index (Phi) is 9.82. The van der Waals surface area contributed by atoms with Crippen molar-refractivity contribution in [1.82, 2.24) is 4.90 Å². The molecule has 102 valence electrons. The first kappa shape index (κ1) is 18.6. The summed E-state index contributed by atoms with van der Waals surface area (Å²) in [5, 5.41) is 0. The first-order valence-electron chi connectivity index (χ1n) is 6.37. The van der Waals surface area contributed by atoms with Crippen LogP contribution in [0.2, 0.25) is 9.26 Å². The fourth-order valence-corrected chi connectivity index (χ4v) is 3.58. The molecule has 1 nitrogen and oxygen atoms in total. The molecule has 0 heterocycles. The molecular formula is C14H25NS2Zr. The zero-order chi connectivity index (χ0) is 14.2. The normalized spacial score (nSPS) is 20.9. The van der Waals surface area contributed by atoms with E-state index in [4.69, 9.17) is 12.2 Å². The van der Waals surface area contributed by atoms with Crippen molar-refractivity contribution in [2.24, 2.45) is 0 Å². The Morgan fingerprint density at radius 2 is 1.89 bits per heavy atom. The van der Waals surface area contributed by atoms with Crippen molar-refractivity contribution in [2.75, 3.05) is 13.1 Å². The molecule has 1 aliphatic carbocycles. The van der Waals surface area contributed by atoms with E-state index in [0.29, 0.717) is 0 Å². The summed E-state index contributed by atoms with van der Waals surface area (Å²) in [7, 11) is 0. The second kappa shape index (κ2) is 9.50. The molecule has 1 rings (SSSR count). The van der Waals surface area contributed by atoms with E-state index < -0.39 is 0 Å². The van der Waals surface area contributed by atoms with Crippen LogP contribution in [0, 0.1) is 0 Å². The maximum absolute atomic E-state index is 5.45. The number of thiocarbonyl (C=S) groups is 1. The molecule has 0 aromatic carbocycles. The maximum atomic E-state index is 5.45. The summed E-state index contributed by atoms with van der Waals surface area (Å²) in [6, 6.07) is 0. The van der Waals surface area contributed by atoms with Gasteiger partial charge in [0.25, 0.3) is 0 Å². The van der Waals surface area contributed by atoms with Gasteiger partial charge in [0.2, 0.25) is 0 Å². The molecule has 1 unspecified atom stereocenters. The third-order valence-corrected chi connectivity index (χ3v) is 4.16. The van der Waals surface area contributed by atoms with Crippen molar-refractivity contribution in [1.29, 1.82) is 0 Å². The zero-order valence-corrected chi connectivity index (χ0v) is 16.5. The molecule has 18 heavy (non-hydrogen) atoms. The van der Waals surface area contributed by atoms with E-state index in [1.807, 2.05) is 0 Å². The molecule has 0 bridgehead atoms. The summed E-state index contributed by atoms with van der Waals surface area (Å²) in [5.74, 6) is 0. The molecule has 0 aromatic rings. The fourth-order valence-electron chi connectivity index (χ4n) is 1.64. The summed E-state index contributed by atoms with van der Waals surface area (Å²) >= 11 is 7.44. The predicted octanol–water partition coefficient (Wildman–Crippen LogP) is 4.79. The Bertz CT molecular complexity index is 322. The van der Waals surface area contributed by atoms with Crippen molar-refractivity contribution in [3.63, 3.8) is 0 Å². The van der Waals surface area contributed by atoms with Gasteiger partial charge >= 0.3 is 32.5 Å². The van der Waals surface area contributed by atoms with E-state index in [-0.39, 0.29) is 28.0 Å². The van der Waals surface area contributed by atoms with Crippen LogP contribution in [0.15, 0.2) is 23.8 Å². The van der Waals surface area contributed by atoms with Crippen LogP contribution in [0.5, 0.6) is 0 Å². The van der Waals surface area contributed by atoms with Gasteiger partial charge in [-0.3, -0.25) is 0 Å². The van der Waals surface area contributed by atoms with Gasteiger partial charge in [-0.05, 0) is 27.7 Å². The summed E-state index contributed by atoms with van der Waals surface area (Å²) < 4.78 is 5.65. The Balaban J connectivity index is 0.000000873. The SMILES string of the molecule is CCN(CC)C(=S)SC1(C)C=CC(C)=C1.[CH3][Zr][CH3]. The molecule has 0 saturated heterocycles. The number of hydrogen-bond acceptors (Lipinski definition) is 2. The Hall–Kier alpha value is 0.603. The van der Waals surface area contributed by atoms with Crippen molar-refractivity contribution >= 4 is 28.3 Å². The molecule has 4 heteroatoms. The topological polar surface area (TPSA) is 3.24 Å². The molecule has 0 amide bonds. The van der Waals surface area contributed by atoms with E-state index in [1.54, 1.807) is 11.8 Å². The van der Waals surface area contributed by atoms with E-state index in [2.05, 4.69) is 60.1 Å². The van der Waals surface area contributed by atoms with Gasteiger partial charge in [0, 0.05) is 13.1 Å². The van der Waals surface area contributed by atoms with Crippen LogP contribution in [0.25, 0.3) is 0 Å². The average molecular weight is 363 g/mol. The van der Waals surface area contributed by atoms with Gasteiger partial charge in [-0.25, -0.2) is 0 Å². The van der Waals surface area contributed by atoms with E-state index in [9.17, 15) is 0 Å². The Labute approximate surface area is 134 Å². The molecular weight excluding hydrogens is 338 g/mol. The van der Waals surface area contributed by atoms with Crippen molar-refractivity contribution < 1.29 is 23.2 Å². The molecule has 0 aromatic heterocycles. The van der Waals surface area contributed by atoms with Crippen LogP contribution in [0.3, 0.4) is 0 Å². The van der Waals surface area contributed by atoms with Crippen molar-refractivity contribution in [2.45, 2.75) is 41.7 Å². The van der Waals surface area contributed by atoms with Crippen LogP contribution in [0.1, 0.15) is 27.7 Å². The average Bonchev–Trinajstić information content (AvgIpc) is 2.61. The van der Waals surface area contributed by atoms with Crippen LogP contribution >= 0.6 is 24.0 Å². The molecule has 0 aliphatic heterocycles. The second-order valence-corrected chi connectivity index (χ2v) is 9.02.